The smallest absolute Gasteiger partial charge is 0.308 e. The molecule has 1 aliphatic rings. The van der Waals surface area contributed by atoms with Crippen LogP contribution in [-0.4, -0.2) is 33.3 Å². The molecule has 1 aliphatic carbocycles. The summed E-state index contributed by atoms with van der Waals surface area (Å²) in [5, 5.41) is 16.1. The zero-order valence-corrected chi connectivity index (χ0v) is 12.4. The van der Waals surface area contributed by atoms with E-state index in [1.807, 2.05) is 17.8 Å². The second-order valence-corrected chi connectivity index (χ2v) is 5.65. The van der Waals surface area contributed by atoms with Gasteiger partial charge >= 0.3 is 5.97 Å². The van der Waals surface area contributed by atoms with Crippen LogP contribution in [0.2, 0.25) is 0 Å². The van der Waals surface area contributed by atoms with Crippen LogP contribution in [0.25, 0.3) is 0 Å². The minimum atomic E-state index is -0.867. The fourth-order valence-electron chi connectivity index (χ4n) is 2.80. The molecule has 21 heavy (non-hydrogen) atoms. The molecule has 1 unspecified atom stereocenters. The Morgan fingerprint density at radius 2 is 2.19 bits per heavy atom. The van der Waals surface area contributed by atoms with Crippen LogP contribution >= 0.6 is 0 Å². The number of hydrogen-bond donors (Lipinski definition) is 2. The Labute approximate surface area is 124 Å². The van der Waals surface area contributed by atoms with E-state index in [9.17, 15) is 9.59 Å². The van der Waals surface area contributed by atoms with E-state index in [-0.39, 0.29) is 12.5 Å². The minimum Gasteiger partial charge on any atom is -0.481 e. The summed E-state index contributed by atoms with van der Waals surface area (Å²) < 4.78 is 1.86. The first-order valence-electron chi connectivity index (χ1n) is 7.68. The van der Waals surface area contributed by atoms with Crippen LogP contribution in [-0.2, 0) is 4.79 Å². The van der Waals surface area contributed by atoms with E-state index in [0.717, 1.165) is 19.3 Å². The van der Waals surface area contributed by atoms with E-state index in [4.69, 9.17) is 5.11 Å². The molecule has 2 rings (SSSR count). The molecule has 1 saturated carbocycles. The molecule has 0 radical (unpaired) electrons. The summed E-state index contributed by atoms with van der Waals surface area (Å²) >= 11 is 0. The standard InChI is InChI=1S/C15H23N3O3/c1-2-5-11(15(20)21)10-16-14(19)13-8-9-18(17-13)12-6-3-4-7-12/h8-9,11-12H,2-7,10H2,1H3,(H,16,19)(H,20,21). The van der Waals surface area contributed by atoms with Crippen LogP contribution < -0.4 is 5.32 Å². The highest BCUT2D eigenvalue weighted by atomic mass is 16.4. The average Bonchev–Trinajstić information content (AvgIpc) is 3.11. The summed E-state index contributed by atoms with van der Waals surface area (Å²) in [5.41, 5.74) is 0.363. The second-order valence-electron chi connectivity index (χ2n) is 5.65. The molecule has 0 saturated heterocycles. The molecule has 0 aliphatic heterocycles. The summed E-state index contributed by atoms with van der Waals surface area (Å²) in [4.78, 5) is 23.1. The lowest BCUT2D eigenvalue weighted by atomic mass is 10.0. The van der Waals surface area contributed by atoms with Crippen LogP contribution in [0.4, 0.5) is 0 Å². The SMILES string of the molecule is CCCC(CNC(=O)c1ccn(C2CCCC2)n1)C(=O)O. The third kappa shape index (κ3) is 4.06. The molecule has 0 aromatic carbocycles. The summed E-state index contributed by atoms with van der Waals surface area (Å²) in [6, 6.07) is 2.10. The first-order valence-corrected chi connectivity index (χ1v) is 7.68. The molecule has 0 spiro atoms. The first kappa shape index (κ1) is 15.5. The number of rotatable bonds is 7. The molecule has 2 N–H and O–H groups in total. The van der Waals surface area contributed by atoms with E-state index in [0.29, 0.717) is 18.2 Å². The molecule has 1 aromatic rings. The predicted molar refractivity (Wildman–Crippen MR) is 78.1 cm³/mol. The number of nitrogens with one attached hydrogen (secondary N) is 1. The summed E-state index contributed by atoms with van der Waals surface area (Å²) in [6.45, 7) is 2.08. The molecule has 1 atom stereocenters. The largest absolute Gasteiger partial charge is 0.481 e. The van der Waals surface area contributed by atoms with E-state index < -0.39 is 11.9 Å². The Morgan fingerprint density at radius 1 is 1.48 bits per heavy atom. The molecular formula is C15H23N3O3. The highest BCUT2D eigenvalue weighted by Crippen LogP contribution is 2.28. The number of aliphatic carboxylic acids is 1. The topological polar surface area (TPSA) is 84.2 Å². The maximum Gasteiger partial charge on any atom is 0.308 e. The minimum absolute atomic E-state index is 0.151. The number of amides is 1. The van der Waals surface area contributed by atoms with Gasteiger partial charge in [-0.25, -0.2) is 0 Å². The molecular weight excluding hydrogens is 270 g/mol. The third-order valence-corrected chi connectivity index (χ3v) is 4.04. The van der Waals surface area contributed by atoms with Crippen LogP contribution in [0.15, 0.2) is 12.3 Å². The van der Waals surface area contributed by atoms with Crippen molar-refractivity contribution in [2.75, 3.05) is 6.54 Å². The van der Waals surface area contributed by atoms with Gasteiger partial charge in [-0.3, -0.25) is 14.3 Å². The number of carbonyl (C=O) groups excluding carboxylic acids is 1. The van der Waals surface area contributed by atoms with Crippen molar-refractivity contribution in [3.05, 3.63) is 18.0 Å². The fraction of sp³-hybridized carbons (Fsp3) is 0.667. The lowest BCUT2D eigenvalue weighted by molar-refractivity contribution is -0.141. The van der Waals surface area contributed by atoms with Gasteiger partial charge in [-0.2, -0.15) is 5.10 Å². The maximum absolute atomic E-state index is 12.0. The number of carboxylic acids is 1. The number of aromatic nitrogens is 2. The molecule has 6 heteroatoms. The Hall–Kier alpha value is -1.85. The van der Waals surface area contributed by atoms with Gasteiger partial charge in [0.25, 0.3) is 5.91 Å². The Balaban J connectivity index is 1.89. The van der Waals surface area contributed by atoms with Gasteiger partial charge in [0.2, 0.25) is 0 Å². The number of carbonyl (C=O) groups is 2. The monoisotopic (exact) mass is 293 g/mol. The number of hydrogen-bond acceptors (Lipinski definition) is 3. The van der Waals surface area contributed by atoms with Crippen molar-refractivity contribution in [2.24, 2.45) is 5.92 Å². The summed E-state index contributed by atoms with van der Waals surface area (Å²) in [7, 11) is 0. The van der Waals surface area contributed by atoms with E-state index >= 15 is 0 Å². The van der Waals surface area contributed by atoms with E-state index in [2.05, 4.69) is 10.4 Å². The van der Waals surface area contributed by atoms with E-state index in [1.165, 1.54) is 12.8 Å². The molecule has 116 valence electrons. The van der Waals surface area contributed by atoms with Gasteiger partial charge in [0, 0.05) is 12.7 Å². The average molecular weight is 293 g/mol. The van der Waals surface area contributed by atoms with Gasteiger partial charge in [-0.15, -0.1) is 0 Å². The summed E-state index contributed by atoms with van der Waals surface area (Å²) in [5.74, 6) is -1.70. The van der Waals surface area contributed by atoms with Crippen molar-refractivity contribution < 1.29 is 14.7 Å². The number of carboxylic acid groups (broad SMARTS) is 1. The van der Waals surface area contributed by atoms with Gasteiger partial charge in [-0.05, 0) is 25.3 Å². The molecule has 1 fully saturated rings. The van der Waals surface area contributed by atoms with Crippen LogP contribution in [0.5, 0.6) is 0 Å². The van der Waals surface area contributed by atoms with Crippen molar-refractivity contribution in [3.8, 4) is 0 Å². The maximum atomic E-state index is 12.0. The molecule has 6 nitrogen and oxygen atoms in total. The van der Waals surface area contributed by atoms with Crippen molar-refractivity contribution in [3.63, 3.8) is 0 Å². The molecule has 1 aromatic heterocycles. The summed E-state index contributed by atoms with van der Waals surface area (Å²) in [6.07, 6.45) is 7.83. The van der Waals surface area contributed by atoms with Gasteiger partial charge in [0.05, 0.1) is 12.0 Å². The van der Waals surface area contributed by atoms with Gasteiger partial charge < -0.3 is 10.4 Å². The third-order valence-electron chi connectivity index (χ3n) is 4.04. The lowest BCUT2D eigenvalue weighted by Gasteiger charge is -2.12. The van der Waals surface area contributed by atoms with Crippen molar-refractivity contribution in [1.29, 1.82) is 0 Å². The highest BCUT2D eigenvalue weighted by molar-refractivity contribution is 5.92. The predicted octanol–water partition coefficient (Wildman–Crippen LogP) is 2.23. The van der Waals surface area contributed by atoms with Crippen LogP contribution in [0.1, 0.15) is 62.0 Å². The van der Waals surface area contributed by atoms with Crippen LogP contribution in [0, 0.1) is 5.92 Å². The van der Waals surface area contributed by atoms with Gasteiger partial charge in [0.1, 0.15) is 5.69 Å². The van der Waals surface area contributed by atoms with Gasteiger partial charge in [-0.1, -0.05) is 26.2 Å². The van der Waals surface area contributed by atoms with Crippen molar-refractivity contribution in [1.82, 2.24) is 15.1 Å². The van der Waals surface area contributed by atoms with Crippen molar-refractivity contribution in [2.45, 2.75) is 51.5 Å². The number of nitrogens with zero attached hydrogens (tertiary/aromatic N) is 2. The zero-order chi connectivity index (χ0) is 15.2. The Morgan fingerprint density at radius 3 is 2.81 bits per heavy atom. The van der Waals surface area contributed by atoms with Crippen LogP contribution in [0.3, 0.4) is 0 Å². The normalized spacial score (nSPS) is 16.8. The zero-order valence-electron chi connectivity index (χ0n) is 12.4. The Kier molecular flexibility index (Phi) is 5.36. The molecule has 1 heterocycles. The van der Waals surface area contributed by atoms with Crippen molar-refractivity contribution >= 4 is 11.9 Å². The Bertz CT molecular complexity index is 492. The lowest BCUT2D eigenvalue weighted by Crippen LogP contribution is -2.33. The van der Waals surface area contributed by atoms with E-state index in [1.54, 1.807) is 6.07 Å². The molecule has 0 bridgehead atoms. The second kappa shape index (κ2) is 7.24. The quantitative estimate of drug-likeness (QED) is 0.807. The fourth-order valence-corrected chi connectivity index (χ4v) is 2.80. The highest BCUT2D eigenvalue weighted by Gasteiger charge is 2.21. The first-order chi connectivity index (χ1) is 10.1. The van der Waals surface area contributed by atoms with Gasteiger partial charge in [0.15, 0.2) is 0 Å². The molecule has 1 amide bonds.